The van der Waals surface area contributed by atoms with Crippen LogP contribution in [0.25, 0.3) is 0 Å². The molecule has 0 radical (unpaired) electrons. The molecule has 0 saturated carbocycles. The molecule has 2 heterocycles. The van der Waals surface area contributed by atoms with Crippen LogP contribution in [-0.2, 0) is 4.74 Å². The van der Waals surface area contributed by atoms with E-state index in [-0.39, 0.29) is 24.0 Å². The molecule has 0 aliphatic carbocycles. The van der Waals surface area contributed by atoms with E-state index in [0.717, 1.165) is 0 Å². The molecule has 0 aromatic heterocycles. The molecule has 2 unspecified atom stereocenters. The molecule has 0 bridgehead atoms. The van der Waals surface area contributed by atoms with Crippen LogP contribution in [0.15, 0.2) is 24.3 Å². The summed E-state index contributed by atoms with van der Waals surface area (Å²) in [7, 11) is 0. The zero-order valence-corrected chi connectivity index (χ0v) is 8.59. The number of nitrogens with one attached hydrogen (secondary N) is 1. The van der Waals surface area contributed by atoms with Crippen molar-refractivity contribution in [2.75, 3.05) is 18.0 Å². The first-order chi connectivity index (χ1) is 7.77. The van der Waals surface area contributed by atoms with E-state index in [1.807, 2.05) is 0 Å². The van der Waals surface area contributed by atoms with Crippen LogP contribution in [0.2, 0.25) is 0 Å². The molecule has 84 valence electrons. The number of amides is 1. The first kappa shape index (κ1) is 9.47. The number of para-hydroxylation sites is 2. The van der Waals surface area contributed by atoms with Crippen LogP contribution >= 0.6 is 0 Å². The molecule has 16 heavy (non-hydrogen) atoms. The van der Waals surface area contributed by atoms with Crippen LogP contribution in [0.1, 0.15) is 0 Å². The molecule has 3 rings (SSSR count). The Morgan fingerprint density at radius 3 is 3.00 bits per heavy atom. The number of carbonyl (C=O) groups excluding carboxylic acids is 1. The molecule has 5 nitrogen and oxygen atoms in total. The molecule has 2 aliphatic rings. The second kappa shape index (κ2) is 3.38. The van der Waals surface area contributed by atoms with Crippen LogP contribution in [-0.4, -0.2) is 36.4 Å². The lowest BCUT2D eigenvalue weighted by Gasteiger charge is -2.20. The van der Waals surface area contributed by atoms with E-state index < -0.39 is 0 Å². The third-order valence-corrected chi connectivity index (χ3v) is 3.05. The highest BCUT2D eigenvalue weighted by Crippen LogP contribution is 2.34. The number of fused-ring (bicyclic) bond motifs is 1. The minimum atomic E-state index is -0.377. The second-order valence-electron chi connectivity index (χ2n) is 4.01. The molecule has 2 aliphatic heterocycles. The van der Waals surface area contributed by atoms with Gasteiger partial charge in [-0.2, -0.15) is 0 Å². The summed E-state index contributed by atoms with van der Waals surface area (Å²) < 4.78 is 5.22. The summed E-state index contributed by atoms with van der Waals surface area (Å²) in [4.78, 5) is 13.2. The molecule has 2 N–H and O–H groups in total. The van der Waals surface area contributed by atoms with E-state index in [9.17, 15) is 9.90 Å². The molecule has 5 heteroatoms. The summed E-state index contributed by atoms with van der Waals surface area (Å²) in [6.45, 7) is 1.38. The Labute approximate surface area is 92.6 Å². The van der Waals surface area contributed by atoms with Gasteiger partial charge < -0.3 is 15.2 Å². The molecular weight excluding hydrogens is 208 g/mol. The van der Waals surface area contributed by atoms with E-state index in [4.69, 9.17) is 4.74 Å². The van der Waals surface area contributed by atoms with E-state index >= 15 is 0 Å². The van der Waals surface area contributed by atoms with Crippen molar-refractivity contribution in [1.29, 1.82) is 0 Å². The molecule has 2 saturated heterocycles. The van der Waals surface area contributed by atoms with Crippen LogP contribution in [0.4, 0.5) is 10.5 Å². The highest BCUT2D eigenvalue weighted by atomic mass is 16.6. The lowest BCUT2D eigenvalue weighted by Crippen LogP contribution is -2.37. The minimum Gasteiger partial charge on any atom is -0.506 e. The van der Waals surface area contributed by atoms with Gasteiger partial charge in [-0.15, -0.1) is 0 Å². The molecule has 1 aromatic carbocycles. The number of rotatable bonds is 1. The predicted octanol–water partition coefficient (Wildman–Crippen LogP) is 0.689. The first-order valence-electron chi connectivity index (χ1n) is 5.26. The van der Waals surface area contributed by atoms with E-state index in [1.54, 1.807) is 24.3 Å². The van der Waals surface area contributed by atoms with Gasteiger partial charge in [0.2, 0.25) is 0 Å². The van der Waals surface area contributed by atoms with Gasteiger partial charge in [0.1, 0.15) is 11.9 Å². The predicted molar refractivity (Wildman–Crippen MR) is 57.5 cm³/mol. The summed E-state index contributed by atoms with van der Waals surface area (Å²) in [5.41, 5.74) is 0.517. The number of phenols is 1. The standard InChI is InChI=1S/C11H12N2O3/c14-9-4-2-1-3-7(9)13-8-5-12-6-10(8)16-11(13)15/h1-4,8,10,12,14H,5-6H2. The maximum absolute atomic E-state index is 11.7. The minimum absolute atomic E-state index is 0.0131. The molecule has 0 spiro atoms. The Bertz CT molecular complexity index is 435. The van der Waals surface area contributed by atoms with Gasteiger partial charge in [0.05, 0.1) is 11.7 Å². The van der Waals surface area contributed by atoms with Gasteiger partial charge in [-0.1, -0.05) is 12.1 Å². The monoisotopic (exact) mass is 220 g/mol. The number of carbonyl (C=O) groups is 1. The summed E-state index contributed by atoms with van der Waals surface area (Å²) in [6, 6.07) is 6.79. The molecule has 2 atom stereocenters. The number of anilines is 1. The zero-order chi connectivity index (χ0) is 11.1. The summed E-state index contributed by atoms with van der Waals surface area (Å²) in [5, 5.41) is 12.9. The maximum Gasteiger partial charge on any atom is 0.415 e. The highest BCUT2D eigenvalue weighted by molar-refractivity contribution is 5.92. The van der Waals surface area contributed by atoms with Crippen LogP contribution in [0.3, 0.4) is 0 Å². The van der Waals surface area contributed by atoms with Gasteiger partial charge in [0.15, 0.2) is 0 Å². The molecule has 1 amide bonds. The topological polar surface area (TPSA) is 61.8 Å². The van der Waals surface area contributed by atoms with E-state index in [0.29, 0.717) is 18.8 Å². The fourth-order valence-electron chi connectivity index (χ4n) is 2.29. The Morgan fingerprint density at radius 2 is 2.19 bits per heavy atom. The van der Waals surface area contributed by atoms with Crippen molar-refractivity contribution in [1.82, 2.24) is 5.32 Å². The lowest BCUT2D eigenvalue weighted by molar-refractivity contribution is 0.143. The van der Waals surface area contributed by atoms with Gasteiger partial charge in [-0.25, -0.2) is 4.79 Å². The Balaban J connectivity index is 2.00. The SMILES string of the molecule is O=C1OC2CNCC2N1c1ccccc1O. The van der Waals surface area contributed by atoms with E-state index in [2.05, 4.69) is 5.32 Å². The lowest BCUT2D eigenvalue weighted by atomic mass is 10.2. The summed E-state index contributed by atoms with van der Waals surface area (Å²) in [5.74, 6) is 0.104. The zero-order valence-electron chi connectivity index (χ0n) is 8.59. The van der Waals surface area contributed by atoms with Gasteiger partial charge in [-0.05, 0) is 12.1 Å². The number of benzene rings is 1. The fraction of sp³-hybridized carbons (Fsp3) is 0.364. The average Bonchev–Trinajstić information content (AvgIpc) is 2.79. The quantitative estimate of drug-likeness (QED) is 0.731. The Kier molecular flexibility index (Phi) is 2.00. The van der Waals surface area contributed by atoms with Crippen molar-refractivity contribution in [3.63, 3.8) is 0 Å². The van der Waals surface area contributed by atoms with Crippen molar-refractivity contribution in [2.45, 2.75) is 12.1 Å². The van der Waals surface area contributed by atoms with Crippen LogP contribution in [0.5, 0.6) is 5.75 Å². The second-order valence-corrected chi connectivity index (χ2v) is 4.01. The fourth-order valence-corrected chi connectivity index (χ4v) is 2.29. The van der Waals surface area contributed by atoms with E-state index in [1.165, 1.54) is 4.90 Å². The first-order valence-corrected chi connectivity index (χ1v) is 5.26. The molecular formula is C11H12N2O3. The van der Waals surface area contributed by atoms with Gasteiger partial charge in [-0.3, -0.25) is 4.90 Å². The maximum atomic E-state index is 11.7. The van der Waals surface area contributed by atoms with Crippen LogP contribution < -0.4 is 10.2 Å². The smallest absolute Gasteiger partial charge is 0.415 e. The number of hydrogen-bond acceptors (Lipinski definition) is 4. The van der Waals surface area contributed by atoms with Crippen molar-refractivity contribution < 1.29 is 14.6 Å². The number of hydrogen-bond donors (Lipinski definition) is 2. The summed E-state index contributed by atoms with van der Waals surface area (Å²) >= 11 is 0. The van der Waals surface area contributed by atoms with Gasteiger partial charge >= 0.3 is 6.09 Å². The van der Waals surface area contributed by atoms with Crippen molar-refractivity contribution in [2.24, 2.45) is 0 Å². The van der Waals surface area contributed by atoms with Crippen molar-refractivity contribution >= 4 is 11.8 Å². The summed E-state index contributed by atoms with van der Waals surface area (Å²) in [6.07, 6.45) is -0.481. The Hall–Kier alpha value is -1.75. The number of ether oxygens (including phenoxy) is 1. The number of aromatic hydroxyl groups is 1. The normalized spacial score (nSPS) is 28.0. The highest BCUT2D eigenvalue weighted by Gasteiger charge is 2.46. The van der Waals surface area contributed by atoms with Crippen molar-refractivity contribution in [3.05, 3.63) is 24.3 Å². The van der Waals surface area contributed by atoms with Crippen molar-refractivity contribution in [3.8, 4) is 5.75 Å². The molecule has 1 aromatic rings. The van der Waals surface area contributed by atoms with Gasteiger partial charge in [0, 0.05) is 13.1 Å². The average molecular weight is 220 g/mol. The number of phenolic OH excluding ortho intramolecular Hbond substituents is 1. The van der Waals surface area contributed by atoms with Gasteiger partial charge in [0.25, 0.3) is 0 Å². The third kappa shape index (κ3) is 1.25. The Morgan fingerprint density at radius 1 is 1.38 bits per heavy atom. The largest absolute Gasteiger partial charge is 0.506 e. The molecule has 2 fully saturated rings. The van der Waals surface area contributed by atoms with Crippen LogP contribution in [0, 0.1) is 0 Å². The third-order valence-electron chi connectivity index (χ3n) is 3.05. The number of nitrogens with zero attached hydrogens (tertiary/aromatic N) is 1.